The van der Waals surface area contributed by atoms with Gasteiger partial charge in [0.2, 0.25) is 5.76 Å². The maximum absolute atomic E-state index is 11.4. The minimum atomic E-state index is -0.266. The van der Waals surface area contributed by atoms with Crippen molar-refractivity contribution < 1.29 is 14.1 Å². The lowest BCUT2D eigenvalue weighted by atomic mass is 10.4. The van der Waals surface area contributed by atoms with E-state index < -0.39 is 0 Å². The molecule has 1 aromatic heterocycles. The molecule has 0 aliphatic carbocycles. The molecule has 1 rings (SSSR count). The summed E-state index contributed by atoms with van der Waals surface area (Å²) >= 11 is 3.23. The molecule has 0 aromatic carbocycles. The molecule has 0 unspecified atom stereocenters. The molecule has 0 bridgehead atoms. The average Bonchev–Trinajstić information content (AvgIpc) is 2.64. The Bertz CT molecular complexity index is 314. The van der Waals surface area contributed by atoms with Crippen LogP contribution in [0.25, 0.3) is 0 Å². The fraction of sp³-hybridized carbons (Fsp3) is 0.556. The Labute approximate surface area is 96.3 Å². The van der Waals surface area contributed by atoms with E-state index in [-0.39, 0.29) is 11.7 Å². The van der Waals surface area contributed by atoms with Gasteiger partial charge in [-0.15, -0.1) is 0 Å². The zero-order valence-corrected chi connectivity index (χ0v) is 10.0. The number of rotatable bonds is 6. The van der Waals surface area contributed by atoms with Gasteiger partial charge in [-0.25, -0.2) is 0 Å². The van der Waals surface area contributed by atoms with Gasteiger partial charge >= 0.3 is 0 Å². The number of carbonyl (C=O) groups excluding carboxylic acids is 1. The van der Waals surface area contributed by atoms with Crippen LogP contribution in [0.2, 0.25) is 0 Å². The van der Waals surface area contributed by atoms with Crippen molar-refractivity contribution in [2.75, 3.05) is 25.1 Å². The van der Waals surface area contributed by atoms with Crippen LogP contribution < -0.4 is 5.32 Å². The molecular formula is C9H13BrN2O3. The number of amides is 1. The van der Waals surface area contributed by atoms with Crippen LogP contribution in [0.15, 0.2) is 10.6 Å². The molecule has 0 fully saturated rings. The molecule has 0 saturated carbocycles. The first-order chi connectivity index (χ1) is 7.24. The number of halogens is 1. The highest BCUT2D eigenvalue weighted by Crippen LogP contribution is 2.00. The Morgan fingerprint density at radius 2 is 2.47 bits per heavy atom. The summed E-state index contributed by atoms with van der Waals surface area (Å²) in [5.41, 5.74) is 0.690. The van der Waals surface area contributed by atoms with Crippen LogP contribution in [0.3, 0.4) is 0 Å². The molecule has 15 heavy (non-hydrogen) atoms. The summed E-state index contributed by atoms with van der Waals surface area (Å²) < 4.78 is 9.96. The van der Waals surface area contributed by atoms with Gasteiger partial charge in [-0.2, -0.15) is 0 Å². The van der Waals surface area contributed by atoms with E-state index in [0.29, 0.717) is 25.5 Å². The average molecular weight is 277 g/mol. The van der Waals surface area contributed by atoms with Crippen LogP contribution in [0, 0.1) is 6.92 Å². The summed E-state index contributed by atoms with van der Waals surface area (Å²) in [7, 11) is 0. The van der Waals surface area contributed by atoms with E-state index in [2.05, 4.69) is 26.4 Å². The van der Waals surface area contributed by atoms with E-state index in [1.54, 1.807) is 13.0 Å². The molecule has 0 spiro atoms. The second-order valence-electron chi connectivity index (χ2n) is 2.89. The maximum Gasteiger partial charge on any atom is 0.289 e. The molecule has 5 nitrogen and oxygen atoms in total. The van der Waals surface area contributed by atoms with Gasteiger partial charge in [0.15, 0.2) is 0 Å². The van der Waals surface area contributed by atoms with E-state index in [0.717, 1.165) is 5.33 Å². The van der Waals surface area contributed by atoms with Gasteiger partial charge in [0.1, 0.15) is 0 Å². The van der Waals surface area contributed by atoms with Crippen molar-refractivity contribution in [3.8, 4) is 0 Å². The number of aryl methyl sites for hydroxylation is 1. The third-order valence-electron chi connectivity index (χ3n) is 1.61. The van der Waals surface area contributed by atoms with Crippen LogP contribution in [-0.2, 0) is 4.74 Å². The summed E-state index contributed by atoms with van der Waals surface area (Å²) in [6.45, 7) is 3.35. The molecule has 84 valence electrons. The number of hydrogen-bond donors (Lipinski definition) is 1. The summed E-state index contributed by atoms with van der Waals surface area (Å²) in [4.78, 5) is 11.4. The summed E-state index contributed by atoms with van der Waals surface area (Å²) in [5, 5.41) is 7.07. The number of nitrogens with one attached hydrogen (secondary N) is 1. The minimum Gasteiger partial charge on any atom is -0.379 e. The Hall–Kier alpha value is -0.880. The quantitative estimate of drug-likeness (QED) is 0.625. The SMILES string of the molecule is Cc1cc(C(=O)NCCOCCBr)on1. The number of ether oxygens (including phenoxy) is 1. The molecule has 0 aliphatic rings. The molecule has 0 saturated heterocycles. The molecule has 1 amide bonds. The lowest BCUT2D eigenvalue weighted by molar-refractivity contribution is 0.0888. The highest BCUT2D eigenvalue weighted by atomic mass is 79.9. The van der Waals surface area contributed by atoms with E-state index in [1.165, 1.54) is 0 Å². The molecule has 0 radical (unpaired) electrons. The van der Waals surface area contributed by atoms with Crippen LogP contribution in [-0.4, -0.2) is 36.2 Å². The van der Waals surface area contributed by atoms with Crippen molar-refractivity contribution in [2.45, 2.75) is 6.92 Å². The van der Waals surface area contributed by atoms with Gasteiger partial charge in [-0.1, -0.05) is 21.1 Å². The van der Waals surface area contributed by atoms with Crippen LogP contribution in [0.1, 0.15) is 16.2 Å². The maximum atomic E-state index is 11.4. The van der Waals surface area contributed by atoms with Gasteiger partial charge < -0.3 is 14.6 Å². The molecule has 0 atom stereocenters. The largest absolute Gasteiger partial charge is 0.379 e. The number of hydrogen-bond acceptors (Lipinski definition) is 4. The van der Waals surface area contributed by atoms with Crippen molar-refractivity contribution in [1.29, 1.82) is 0 Å². The van der Waals surface area contributed by atoms with Crippen molar-refractivity contribution >= 4 is 21.8 Å². The molecule has 1 heterocycles. The zero-order chi connectivity index (χ0) is 11.1. The second-order valence-corrected chi connectivity index (χ2v) is 3.68. The number of carbonyl (C=O) groups is 1. The van der Waals surface area contributed by atoms with Crippen molar-refractivity contribution in [2.24, 2.45) is 0 Å². The van der Waals surface area contributed by atoms with E-state index >= 15 is 0 Å². The minimum absolute atomic E-state index is 0.230. The number of alkyl halides is 1. The first-order valence-corrected chi connectivity index (χ1v) is 5.71. The number of nitrogens with zero attached hydrogens (tertiary/aromatic N) is 1. The van der Waals surface area contributed by atoms with E-state index in [1.807, 2.05) is 0 Å². The Morgan fingerprint density at radius 3 is 3.07 bits per heavy atom. The van der Waals surface area contributed by atoms with Crippen molar-refractivity contribution in [3.63, 3.8) is 0 Å². The van der Waals surface area contributed by atoms with Crippen molar-refractivity contribution in [1.82, 2.24) is 10.5 Å². The van der Waals surface area contributed by atoms with Crippen molar-refractivity contribution in [3.05, 3.63) is 17.5 Å². The second kappa shape index (κ2) is 6.58. The third kappa shape index (κ3) is 4.44. The van der Waals surface area contributed by atoms with Gasteiger partial charge in [0.05, 0.1) is 18.9 Å². The molecule has 1 N–H and O–H groups in total. The predicted octanol–water partition coefficient (Wildman–Crippen LogP) is 1.12. The van der Waals surface area contributed by atoms with Crippen LogP contribution >= 0.6 is 15.9 Å². The van der Waals surface area contributed by atoms with Gasteiger partial charge in [-0.05, 0) is 6.92 Å². The lowest BCUT2D eigenvalue weighted by Gasteiger charge is -2.02. The smallest absolute Gasteiger partial charge is 0.289 e. The molecular weight excluding hydrogens is 264 g/mol. The van der Waals surface area contributed by atoms with Gasteiger partial charge in [-0.3, -0.25) is 4.79 Å². The van der Waals surface area contributed by atoms with Crippen LogP contribution in [0.5, 0.6) is 0 Å². The zero-order valence-electron chi connectivity index (χ0n) is 8.46. The van der Waals surface area contributed by atoms with Gasteiger partial charge in [0.25, 0.3) is 5.91 Å². The van der Waals surface area contributed by atoms with E-state index in [4.69, 9.17) is 9.26 Å². The topological polar surface area (TPSA) is 64.4 Å². The highest BCUT2D eigenvalue weighted by Gasteiger charge is 2.09. The first-order valence-electron chi connectivity index (χ1n) is 4.59. The monoisotopic (exact) mass is 276 g/mol. The summed E-state index contributed by atoms with van der Waals surface area (Å²) in [6.07, 6.45) is 0. The molecule has 1 aromatic rings. The Morgan fingerprint density at radius 1 is 1.67 bits per heavy atom. The fourth-order valence-electron chi connectivity index (χ4n) is 0.951. The summed E-state index contributed by atoms with van der Waals surface area (Å²) in [5.74, 6) is -0.0361. The molecule has 6 heteroatoms. The Balaban J connectivity index is 2.19. The number of aromatic nitrogens is 1. The third-order valence-corrected chi connectivity index (χ3v) is 1.93. The first kappa shape index (κ1) is 12.2. The predicted molar refractivity (Wildman–Crippen MR) is 58.2 cm³/mol. The lowest BCUT2D eigenvalue weighted by Crippen LogP contribution is -2.27. The standard InChI is InChI=1S/C9H13BrN2O3/c1-7-6-8(15-12-7)9(13)11-3-5-14-4-2-10/h6H,2-5H2,1H3,(H,11,13). The summed E-state index contributed by atoms with van der Waals surface area (Å²) in [6, 6.07) is 1.59. The normalized spacial score (nSPS) is 10.3. The fourth-order valence-corrected chi connectivity index (χ4v) is 1.18. The molecule has 0 aliphatic heterocycles. The van der Waals surface area contributed by atoms with Crippen LogP contribution in [0.4, 0.5) is 0 Å². The Kier molecular flexibility index (Phi) is 5.34. The van der Waals surface area contributed by atoms with E-state index in [9.17, 15) is 4.79 Å². The highest BCUT2D eigenvalue weighted by molar-refractivity contribution is 9.09. The van der Waals surface area contributed by atoms with Gasteiger partial charge in [0, 0.05) is 17.9 Å².